The molecule has 0 bridgehead atoms. The fraction of sp³-hybridized carbons (Fsp3) is 0.364. The number of nitrogens with two attached hydrogens (primary N) is 1. The van der Waals surface area contributed by atoms with Gasteiger partial charge >= 0.3 is 0 Å². The topological polar surface area (TPSA) is 43.1 Å². The van der Waals surface area contributed by atoms with E-state index >= 15 is 0 Å². The van der Waals surface area contributed by atoms with Crippen LogP contribution >= 0.6 is 11.8 Å². The van der Waals surface area contributed by atoms with Gasteiger partial charge in [0.25, 0.3) is 0 Å². The van der Waals surface area contributed by atoms with Crippen LogP contribution in [0.3, 0.4) is 0 Å². The Kier molecular flexibility index (Phi) is 4.17. The Balaban J connectivity index is 2.77. The highest BCUT2D eigenvalue weighted by Crippen LogP contribution is 2.20. The van der Waals surface area contributed by atoms with E-state index in [1.54, 1.807) is 11.8 Å². The maximum Gasteiger partial charge on any atom is 0.150 e. The van der Waals surface area contributed by atoms with Crippen LogP contribution in [0.5, 0.6) is 0 Å². The van der Waals surface area contributed by atoms with Gasteiger partial charge in [-0.05, 0) is 30.4 Å². The minimum Gasteiger partial charge on any atom is -0.318 e. The van der Waals surface area contributed by atoms with Crippen molar-refractivity contribution in [3.63, 3.8) is 0 Å². The fourth-order valence-corrected chi connectivity index (χ4v) is 1.83. The zero-order chi connectivity index (χ0) is 10.6. The number of hydrogen-bond donors (Lipinski definition) is 1. The van der Waals surface area contributed by atoms with E-state index in [-0.39, 0.29) is 5.78 Å². The van der Waals surface area contributed by atoms with Gasteiger partial charge in [0.15, 0.2) is 5.78 Å². The molecule has 0 fully saturated rings. The molecule has 76 valence electrons. The van der Waals surface area contributed by atoms with E-state index in [1.165, 1.54) is 11.8 Å². The molecule has 1 rings (SSSR count). The summed E-state index contributed by atoms with van der Waals surface area (Å²) in [5, 5.41) is 0. The molecule has 2 nitrogen and oxygen atoms in total. The summed E-state index contributed by atoms with van der Waals surface area (Å²) in [6.45, 7) is 3.62. The Bertz CT molecular complexity index is 308. The van der Waals surface area contributed by atoms with Gasteiger partial charge in [-0.1, -0.05) is 19.1 Å². The normalized spacial score (nSPS) is 12.5. The average Bonchev–Trinajstić information content (AvgIpc) is 2.18. The Hall–Kier alpha value is -0.800. The van der Waals surface area contributed by atoms with Crippen molar-refractivity contribution in [2.75, 3.05) is 5.75 Å². The molecule has 1 atom stereocenters. The molecule has 1 aromatic carbocycles. The van der Waals surface area contributed by atoms with Crippen LogP contribution in [0.2, 0.25) is 0 Å². The van der Waals surface area contributed by atoms with Crippen molar-refractivity contribution in [1.29, 1.82) is 0 Å². The van der Waals surface area contributed by atoms with Gasteiger partial charge in [-0.3, -0.25) is 4.79 Å². The lowest BCUT2D eigenvalue weighted by Gasteiger charge is -2.08. The van der Waals surface area contributed by atoms with Crippen molar-refractivity contribution in [3.8, 4) is 0 Å². The lowest BCUT2D eigenvalue weighted by molar-refractivity contribution is -0.118. The molecule has 0 aliphatic carbocycles. The first-order chi connectivity index (χ1) is 6.65. The van der Waals surface area contributed by atoms with Gasteiger partial charge in [0.1, 0.15) is 0 Å². The summed E-state index contributed by atoms with van der Waals surface area (Å²) in [4.78, 5) is 12.2. The van der Waals surface area contributed by atoms with E-state index in [4.69, 9.17) is 5.73 Å². The third-order valence-corrected chi connectivity index (χ3v) is 2.88. The predicted octanol–water partition coefficient (Wildman–Crippen LogP) is 2.39. The lowest BCUT2D eigenvalue weighted by atomic mass is 10.1. The summed E-state index contributed by atoms with van der Waals surface area (Å²) >= 11 is 1.78. The Labute approximate surface area is 88.9 Å². The number of hydrogen-bond acceptors (Lipinski definition) is 3. The minimum atomic E-state index is -0.476. The van der Waals surface area contributed by atoms with Crippen molar-refractivity contribution in [3.05, 3.63) is 29.8 Å². The SMILES string of the molecule is CCSc1ccc(C(N)C(C)=O)cc1. The highest BCUT2D eigenvalue weighted by molar-refractivity contribution is 7.99. The molecule has 14 heavy (non-hydrogen) atoms. The standard InChI is InChI=1S/C11H15NOS/c1-3-14-10-6-4-9(5-7-10)11(12)8(2)13/h4-7,11H,3,12H2,1-2H3. The van der Waals surface area contributed by atoms with Gasteiger partial charge in [-0.2, -0.15) is 0 Å². The number of carbonyl (C=O) groups excluding carboxylic acids is 1. The van der Waals surface area contributed by atoms with E-state index in [2.05, 4.69) is 6.92 Å². The van der Waals surface area contributed by atoms with E-state index in [1.807, 2.05) is 24.3 Å². The molecule has 1 aromatic rings. The second-order valence-electron chi connectivity index (χ2n) is 3.09. The zero-order valence-electron chi connectivity index (χ0n) is 8.49. The van der Waals surface area contributed by atoms with Crippen molar-refractivity contribution in [2.45, 2.75) is 24.8 Å². The van der Waals surface area contributed by atoms with Crippen LogP contribution in [0.25, 0.3) is 0 Å². The van der Waals surface area contributed by atoms with Gasteiger partial charge in [0.2, 0.25) is 0 Å². The molecule has 0 aliphatic rings. The summed E-state index contributed by atoms with van der Waals surface area (Å²) in [7, 11) is 0. The Morgan fingerprint density at radius 3 is 2.43 bits per heavy atom. The molecule has 0 aromatic heterocycles. The third kappa shape index (κ3) is 2.86. The number of carbonyl (C=O) groups is 1. The van der Waals surface area contributed by atoms with E-state index in [0.29, 0.717) is 0 Å². The average molecular weight is 209 g/mol. The van der Waals surface area contributed by atoms with Crippen LogP contribution in [-0.2, 0) is 4.79 Å². The number of thioether (sulfide) groups is 1. The number of Topliss-reactive ketones (excluding diaryl/α,β-unsaturated/α-hetero) is 1. The minimum absolute atomic E-state index is 0.000828. The number of ketones is 1. The summed E-state index contributed by atoms with van der Waals surface area (Å²) in [5.74, 6) is 1.05. The maximum atomic E-state index is 11.0. The smallest absolute Gasteiger partial charge is 0.150 e. The van der Waals surface area contributed by atoms with Crippen LogP contribution in [0.15, 0.2) is 29.2 Å². The molecule has 0 aliphatic heterocycles. The van der Waals surface area contributed by atoms with Crippen molar-refractivity contribution >= 4 is 17.5 Å². The molecule has 0 spiro atoms. The highest BCUT2D eigenvalue weighted by Gasteiger charge is 2.09. The summed E-state index contributed by atoms with van der Waals surface area (Å²) < 4.78 is 0. The summed E-state index contributed by atoms with van der Waals surface area (Å²) in [6.07, 6.45) is 0. The third-order valence-electron chi connectivity index (χ3n) is 1.99. The van der Waals surface area contributed by atoms with Gasteiger partial charge in [-0.15, -0.1) is 11.8 Å². The van der Waals surface area contributed by atoms with Gasteiger partial charge < -0.3 is 5.73 Å². The van der Waals surface area contributed by atoms with Gasteiger partial charge in [-0.25, -0.2) is 0 Å². The van der Waals surface area contributed by atoms with Crippen molar-refractivity contribution in [2.24, 2.45) is 5.73 Å². The van der Waals surface area contributed by atoms with Crippen LogP contribution in [0.4, 0.5) is 0 Å². The van der Waals surface area contributed by atoms with Crippen LogP contribution in [-0.4, -0.2) is 11.5 Å². The molecule has 2 N–H and O–H groups in total. The first kappa shape index (κ1) is 11.3. The molecule has 0 radical (unpaired) electrons. The highest BCUT2D eigenvalue weighted by atomic mass is 32.2. The van der Waals surface area contributed by atoms with Crippen molar-refractivity contribution < 1.29 is 4.79 Å². The molecule has 1 unspecified atom stereocenters. The van der Waals surface area contributed by atoms with Gasteiger partial charge in [0, 0.05) is 4.90 Å². The maximum absolute atomic E-state index is 11.0. The van der Waals surface area contributed by atoms with E-state index in [9.17, 15) is 4.79 Å². The Morgan fingerprint density at radius 2 is 2.00 bits per heavy atom. The molecule has 0 heterocycles. The fourth-order valence-electron chi connectivity index (χ4n) is 1.17. The molecule has 0 saturated carbocycles. The molecular formula is C11H15NOS. The van der Waals surface area contributed by atoms with E-state index < -0.39 is 6.04 Å². The van der Waals surface area contributed by atoms with Crippen LogP contribution < -0.4 is 5.73 Å². The largest absolute Gasteiger partial charge is 0.318 e. The zero-order valence-corrected chi connectivity index (χ0v) is 9.30. The number of benzene rings is 1. The molecule has 0 amide bonds. The molecular weight excluding hydrogens is 194 g/mol. The van der Waals surface area contributed by atoms with Crippen LogP contribution in [0, 0.1) is 0 Å². The predicted molar refractivity (Wildman–Crippen MR) is 60.4 cm³/mol. The first-order valence-electron chi connectivity index (χ1n) is 4.64. The Morgan fingerprint density at radius 1 is 1.43 bits per heavy atom. The second-order valence-corrected chi connectivity index (χ2v) is 4.43. The quantitative estimate of drug-likeness (QED) is 0.774. The second kappa shape index (κ2) is 5.17. The monoisotopic (exact) mass is 209 g/mol. The number of rotatable bonds is 4. The lowest BCUT2D eigenvalue weighted by Crippen LogP contribution is -2.18. The molecule has 3 heteroatoms. The summed E-state index contributed by atoms with van der Waals surface area (Å²) in [5.41, 5.74) is 6.59. The molecule has 0 saturated heterocycles. The first-order valence-corrected chi connectivity index (χ1v) is 5.62. The summed E-state index contributed by atoms with van der Waals surface area (Å²) in [6, 6.07) is 7.38. The van der Waals surface area contributed by atoms with Crippen molar-refractivity contribution in [1.82, 2.24) is 0 Å². The van der Waals surface area contributed by atoms with Gasteiger partial charge in [0.05, 0.1) is 6.04 Å². The van der Waals surface area contributed by atoms with E-state index in [0.717, 1.165) is 11.3 Å². The van der Waals surface area contributed by atoms with Crippen LogP contribution in [0.1, 0.15) is 25.5 Å².